The second kappa shape index (κ2) is 8.58. The van der Waals surface area contributed by atoms with Crippen LogP contribution in [0.5, 0.6) is 23.4 Å². The summed E-state index contributed by atoms with van der Waals surface area (Å²) >= 11 is 0. The zero-order valence-electron chi connectivity index (χ0n) is 18.6. The molecule has 0 bridgehead atoms. The number of nitrogens with zero attached hydrogens (tertiary/aromatic N) is 4. The van der Waals surface area contributed by atoms with Crippen molar-refractivity contribution < 1.29 is 14.3 Å². The van der Waals surface area contributed by atoms with Crippen LogP contribution in [0.15, 0.2) is 42.5 Å². The zero-order valence-corrected chi connectivity index (χ0v) is 18.6. The Hall–Kier alpha value is -4.47. The zero-order chi connectivity index (χ0) is 23.7. The van der Waals surface area contributed by atoms with Crippen molar-refractivity contribution in [1.29, 1.82) is 5.41 Å². The van der Waals surface area contributed by atoms with Gasteiger partial charge < -0.3 is 25.1 Å². The Labute approximate surface area is 189 Å². The van der Waals surface area contributed by atoms with Gasteiger partial charge >= 0.3 is 6.01 Å². The van der Waals surface area contributed by atoms with Crippen molar-refractivity contribution in [3.8, 4) is 23.4 Å². The van der Waals surface area contributed by atoms with Crippen LogP contribution in [0.1, 0.15) is 27.3 Å². The molecule has 10 nitrogen and oxygen atoms in total. The third-order valence-corrected chi connectivity index (χ3v) is 4.81. The number of amides is 1. The second-order valence-corrected chi connectivity index (χ2v) is 7.66. The van der Waals surface area contributed by atoms with Crippen molar-refractivity contribution in [2.75, 3.05) is 14.1 Å². The largest absolute Gasteiger partial charge is 0.437 e. The van der Waals surface area contributed by atoms with Gasteiger partial charge in [-0.1, -0.05) is 18.2 Å². The number of aromatic amines is 1. The van der Waals surface area contributed by atoms with Gasteiger partial charge in [-0.2, -0.15) is 9.97 Å². The average molecular weight is 445 g/mol. The van der Waals surface area contributed by atoms with E-state index < -0.39 is 0 Å². The van der Waals surface area contributed by atoms with E-state index in [4.69, 9.17) is 20.6 Å². The molecule has 0 saturated carbocycles. The molecule has 0 spiro atoms. The van der Waals surface area contributed by atoms with Gasteiger partial charge in [-0.3, -0.25) is 10.2 Å². The van der Waals surface area contributed by atoms with Crippen LogP contribution in [0, 0.1) is 19.3 Å². The average Bonchev–Trinajstić information content (AvgIpc) is 3.15. The molecule has 4 aromatic rings. The number of ether oxygens (including phenoxy) is 2. The lowest BCUT2D eigenvalue weighted by atomic mass is 10.1. The summed E-state index contributed by atoms with van der Waals surface area (Å²) in [5.74, 6) is 1.48. The number of benzene rings is 2. The fourth-order valence-electron chi connectivity index (χ4n) is 3.12. The number of amidine groups is 1. The predicted molar refractivity (Wildman–Crippen MR) is 123 cm³/mol. The van der Waals surface area contributed by atoms with Gasteiger partial charge in [-0.25, -0.2) is 4.98 Å². The lowest BCUT2D eigenvalue weighted by Gasteiger charge is -2.12. The standard InChI is InChI=1S/C23H23N7O3/c1-12-8-9-14(19(24)25)11-17(12)33-21-18-20(27-13(2)26-18)28-23(29-21)32-16-7-5-6-15(10-16)22(31)30(3)4/h5-11H,1-4H3,(H3,24,25)(H,26,27,28,29). The van der Waals surface area contributed by atoms with Crippen LogP contribution >= 0.6 is 0 Å². The molecule has 33 heavy (non-hydrogen) atoms. The number of carbonyl (C=O) groups is 1. The summed E-state index contributed by atoms with van der Waals surface area (Å²) in [5, 5.41) is 7.68. The van der Waals surface area contributed by atoms with Crippen LogP contribution in [0.3, 0.4) is 0 Å². The van der Waals surface area contributed by atoms with E-state index in [0.717, 1.165) is 5.56 Å². The number of H-pyrrole nitrogens is 1. The topological polar surface area (TPSA) is 143 Å². The van der Waals surface area contributed by atoms with Gasteiger partial charge in [-0.15, -0.1) is 0 Å². The van der Waals surface area contributed by atoms with Crippen molar-refractivity contribution in [2.24, 2.45) is 5.73 Å². The molecule has 1 amide bonds. The maximum atomic E-state index is 12.3. The fraction of sp³-hybridized carbons (Fsp3) is 0.174. The minimum atomic E-state index is -0.147. The molecule has 10 heteroatoms. The monoisotopic (exact) mass is 445 g/mol. The highest BCUT2D eigenvalue weighted by molar-refractivity contribution is 5.95. The van der Waals surface area contributed by atoms with E-state index >= 15 is 0 Å². The molecule has 4 N–H and O–H groups in total. The summed E-state index contributed by atoms with van der Waals surface area (Å²) in [7, 11) is 3.36. The molecular weight excluding hydrogens is 422 g/mol. The van der Waals surface area contributed by atoms with Crippen molar-refractivity contribution in [3.05, 3.63) is 65.0 Å². The summed E-state index contributed by atoms with van der Waals surface area (Å²) in [6.45, 7) is 3.67. The van der Waals surface area contributed by atoms with E-state index in [2.05, 4.69) is 19.9 Å². The first-order chi connectivity index (χ1) is 15.7. The first-order valence-electron chi connectivity index (χ1n) is 10.1. The van der Waals surface area contributed by atoms with Gasteiger partial charge in [0.05, 0.1) is 0 Å². The van der Waals surface area contributed by atoms with Crippen LogP contribution in [0.4, 0.5) is 0 Å². The molecule has 168 valence electrons. The van der Waals surface area contributed by atoms with Crippen molar-refractivity contribution >= 4 is 22.9 Å². The van der Waals surface area contributed by atoms with E-state index in [1.807, 2.05) is 13.0 Å². The highest BCUT2D eigenvalue weighted by Crippen LogP contribution is 2.31. The van der Waals surface area contributed by atoms with E-state index in [9.17, 15) is 4.79 Å². The molecule has 2 heterocycles. The van der Waals surface area contributed by atoms with Crippen molar-refractivity contribution in [3.63, 3.8) is 0 Å². The number of imidazole rings is 1. The Bertz CT molecular complexity index is 1380. The molecule has 2 aromatic heterocycles. The number of nitrogens with two attached hydrogens (primary N) is 1. The number of rotatable bonds is 6. The van der Waals surface area contributed by atoms with Crippen LogP contribution in [-0.4, -0.2) is 50.7 Å². The number of hydrogen-bond donors (Lipinski definition) is 3. The Morgan fingerprint density at radius 3 is 2.55 bits per heavy atom. The molecule has 2 aromatic carbocycles. The molecule has 0 saturated heterocycles. The molecule has 0 fully saturated rings. The van der Waals surface area contributed by atoms with Gasteiger partial charge in [0.15, 0.2) is 11.2 Å². The molecular formula is C23H23N7O3. The number of hydrogen-bond acceptors (Lipinski definition) is 7. The summed E-state index contributed by atoms with van der Waals surface area (Å²) in [4.78, 5) is 30.0. The number of fused-ring (bicyclic) bond motifs is 1. The highest BCUT2D eigenvalue weighted by Gasteiger charge is 2.17. The van der Waals surface area contributed by atoms with Gasteiger partial charge in [-0.05, 0) is 43.7 Å². The molecule has 4 rings (SSSR count). The number of aromatic nitrogens is 4. The van der Waals surface area contributed by atoms with Gasteiger partial charge in [0.25, 0.3) is 11.8 Å². The maximum Gasteiger partial charge on any atom is 0.327 e. The summed E-state index contributed by atoms with van der Waals surface area (Å²) in [5.41, 5.74) is 8.32. The normalized spacial score (nSPS) is 10.8. The first kappa shape index (κ1) is 21.8. The Kier molecular flexibility index (Phi) is 5.65. The van der Waals surface area contributed by atoms with Gasteiger partial charge in [0, 0.05) is 25.2 Å². The smallest absolute Gasteiger partial charge is 0.327 e. The third-order valence-electron chi connectivity index (χ3n) is 4.81. The number of nitrogens with one attached hydrogen (secondary N) is 2. The summed E-state index contributed by atoms with van der Waals surface area (Å²) in [6, 6.07) is 12.0. The van der Waals surface area contributed by atoms with E-state index in [1.54, 1.807) is 57.4 Å². The summed E-state index contributed by atoms with van der Waals surface area (Å²) < 4.78 is 11.9. The Balaban J connectivity index is 1.73. The lowest BCUT2D eigenvalue weighted by Crippen LogP contribution is -2.21. The summed E-state index contributed by atoms with van der Waals surface area (Å²) in [6.07, 6.45) is 0. The minimum Gasteiger partial charge on any atom is -0.437 e. The fourth-order valence-corrected chi connectivity index (χ4v) is 3.12. The van der Waals surface area contributed by atoms with Crippen molar-refractivity contribution in [1.82, 2.24) is 24.8 Å². The van der Waals surface area contributed by atoms with E-state index in [-0.39, 0.29) is 23.6 Å². The molecule has 0 unspecified atom stereocenters. The molecule has 0 atom stereocenters. The van der Waals surface area contributed by atoms with Crippen LogP contribution < -0.4 is 15.2 Å². The number of aryl methyl sites for hydroxylation is 2. The quantitative estimate of drug-likeness (QED) is 0.304. The van der Waals surface area contributed by atoms with Gasteiger partial charge in [0.2, 0.25) is 0 Å². The van der Waals surface area contributed by atoms with Crippen LogP contribution in [-0.2, 0) is 0 Å². The molecule has 0 aliphatic carbocycles. The highest BCUT2D eigenvalue weighted by atomic mass is 16.5. The molecule has 0 aliphatic heterocycles. The number of carbonyl (C=O) groups excluding carboxylic acids is 1. The van der Waals surface area contributed by atoms with E-state index in [1.165, 1.54) is 4.90 Å². The molecule has 0 aliphatic rings. The Morgan fingerprint density at radius 2 is 1.82 bits per heavy atom. The SMILES string of the molecule is Cc1nc2c(Oc3cc(C(=N)N)ccc3C)nc(Oc3cccc(C(=O)N(C)C)c3)nc2[nH]1. The van der Waals surface area contributed by atoms with Crippen LogP contribution in [0.2, 0.25) is 0 Å². The van der Waals surface area contributed by atoms with Crippen LogP contribution in [0.25, 0.3) is 11.2 Å². The second-order valence-electron chi connectivity index (χ2n) is 7.66. The first-order valence-corrected chi connectivity index (χ1v) is 10.1. The number of nitrogen functional groups attached to an aromatic ring is 1. The van der Waals surface area contributed by atoms with E-state index in [0.29, 0.717) is 39.6 Å². The molecule has 0 radical (unpaired) electrons. The van der Waals surface area contributed by atoms with Crippen molar-refractivity contribution in [2.45, 2.75) is 13.8 Å². The maximum absolute atomic E-state index is 12.3. The lowest BCUT2D eigenvalue weighted by molar-refractivity contribution is 0.0827. The minimum absolute atomic E-state index is 0.0241. The third kappa shape index (κ3) is 4.59. The van der Waals surface area contributed by atoms with Gasteiger partial charge in [0.1, 0.15) is 23.2 Å². The Morgan fingerprint density at radius 1 is 1.03 bits per heavy atom. The predicted octanol–water partition coefficient (Wildman–Crippen LogP) is 3.54.